The van der Waals surface area contributed by atoms with Gasteiger partial charge in [0, 0.05) is 0 Å². The molecule has 26 heavy (non-hydrogen) atoms. The molecule has 0 aliphatic rings. The Morgan fingerprint density at radius 2 is 0.846 bits per heavy atom. The van der Waals surface area contributed by atoms with Crippen LogP contribution < -0.4 is 22.9 Å². The standard InChI is InChI=1S/C3H7NO2.3C2H5NO2.H2O4S/c1-2(4)3(5)6;3*3-1-2(4)5;1-5(2,3)4/h2H,4H2,1H3,(H,5,6);3*1,3H2,(H,4,5);(H2,1,2,3,4)/t2-;;;;/m0..../s1. The van der Waals surface area contributed by atoms with Gasteiger partial charge in [-0.1, -0.05) is 0 Å². The summed E-state index contributed by atoms with van der Waals surface area (Å²) in [7, 11) is -4.67. The first-order valence-corrected chi connectivity index (χ1v) is 7.29. The predicted molar refractivity (Wildman–Crippen MR) is 85.5 cm³/mol. The van der Waals surface area contributed by atoms with Gasteiger partial charge in [-0.3, -0.25) is 28.3 Å². The second-order valence-electron chi connectivity index (χ2n) is 3.37. The zero-order valence-corrected chi connectivity index (χ0v) is 14.4. The Hall–Kier alpha value is -2.41. The van der Waals surface area contributed by atoms with Gasteiger partial charge >= 0.3 is 34.3 Å². The minimum Gasteiger partial charge on any atom is -0.480 e. The topological polar surface area (TPSA) is 328 Å². The Bertz CT molecular complexity index is 452. The van der Waals surface area contributed by atoms with E-state index in [1.54, 1.807) is 0 Å². The molecule has 0 unspecified atom stereocenters. The summed E-state index contributed by atoms with van der Waals surface area (Å²) in [4.78, 5) is 37.3. The summed E-state index contributed by atoms with van der Waals surface area (Å²) < 4.78 is 31.6. The van der Waals surface area contributed by atoms with Gasteiger partial charge in [-0.2, -0.15) is 8.42 Å². The van der Waals surface area contributed by atoms with Crippen LogP contribution in [-0.4, -0.2) is 87.5 Å². The molecule has 0 spiro atoms. The van der Waals surface area contributed by atoms with E-state index in [0.717, 1.165) is 0 Å². The largest absolute Gasteiger partial charge is 0.480 e. The first kappa shape index (κ1) is 34.8. The van der Waals surface area contributed by atoms with Gasteiger partial charge < -0.3 is 43.4 Å². The van der Waals surface area contributed by atoms with Crippen LogP contribution in [0.3, 0.4) is 0 Å². The van der Waals surface area contributed by atoms with Crippen molar-refractivity contribution in [2.24, 2.45) is 22.9 Å². The lowest BCUT2D eigenvalue weighted by molar-refractivity contribution is -0.138. The van der Waals surface area contributed by atoms with Crippen LogP contribution in [-0.2, 0) is 29.6 Å². The molecule has 17 heteroatoms. The third-order valence-electron chi connectivity index (χ3n) is 0.913. The maximum absolute atomic E-state index is 9.57. The molecule has 0 heterocycles. The fourth-order valence-corrected chi connectivity index (χ4v) is 0. The average molecular weight is 412 g/mol. The number of nitrogens with two attached hydrogens (primary N) is 4. The molecule has 0 radical (unpaired) electrons. The highest BCUT2D eigenvalue weighted by atomic mass is 32.3. The van der Waals surface area contributed by atoms with Crippen molar-refractivity contribution in [1.29, 1.82) is 0 Å². The molecule has 158 valence electrons. The molecule has 0 saturated carbocycles. The van der Waals surface area contributed by atoms with Gasteiger partial charge in [0.15, 0.2) is 0 Å². The van der Waals surface area contributed by atoms with E-state index in [0.29, 0.717) is 0 Å². The van der Waals surface area contributed by atoms with E-state index in [2.05, 4.69) is 17.2 Å². The van der Waals surface area contributed by atoms with Gasteiger partial charge in [0.05, 0.1) is 19.6 Å². The number of hydrogen-bond donors (Lipinski definition) is 10. The molecule has 0 fully saturated rings. The van der Waals surface area contributed by atoms with Crippen molar-refractivity contribution in [2.45, 2.75) is 13.0 Å². The predicted octanol–water partition coefficient (Wildman–Crippen LogP) is -4.15. The van der Waals surface area contributed by atoms with Crippen LogP contribution in [0.15, 0.2) is 0 Å². The van der Waals surface area contributed by atoms with Gasteiger partial charge in [0.1, 0.15) is 6.04 Å². The molecule has 0 aromatic carbocycles. The van der Waals surface area contributed by atoms with Gasteiger partial charge in [0.25, 0.3) is 0 Å². The Morgan fingerprint density at radius 3 is 0.846 bits per heavy atom. The quantitative estimate of drug-likeness (QED) is 0.196. The summed E-state index contributed by atoms with van der Waals surface area (Å²) >= 11 is 0. The van der Waals surface area contributed by atoms with Crippen LogP contribution in [0.2, 0.25) is 0 Å². The van der Waals surface area contributed by atoms with Crippen LogP contribution in [0.1, 0.15) is 6.92 Å². The molecule has 0 amide bonds. The van der Waals surface area contributed by atoms with E-state index in [4.69, 9.17) is 43.7 Å². The van der Waals surface area contributed by atoms with E-state index in [1.807, 2.05) is 0 Å². The van der Waals surface area contributed by atoms with Crippen molar-refractivity contribution in [3.05, 3.63) is 0 Å². The highest BCUT2D eigenvalue weighted by Crippen LogP contribution is 1.68. The highest BCUT2D eigenvalue weighted by molar-refractivity contribution is 7.79. The van der Waals surface area contributed by atoms with E-state index >= 15 is 0 Å². The lowest BCUT2D eigenvalue weighted by atomic mass is 10.4. The first-order valence-electron chi connectivity index (χ1n) is 5.89. The third kappa shape index (κ3) is 159. The molecule has 0 aliphatic heterocycles. The van der Waals surface area contributed by atoms with E-state index in [1.165, 1.54) is 6.92 Å². The van der Waals surface area contributed by atoms with Gasteiger partial charge in [-0.15, -0.1) is 0 Å². The molecular formula is C9H24N4O12S. The summed E-state index contributed by atoms with van der Waals surface area (Å²) in [6.07, 6.45) is 0. The van der Waals surface area contributed by atoms with Gasteiger partial charge in [-0.05, 0) is 6.92 Å². The van der Waals surface area contributed by atoms with Crippen molar-refractivity contribution in [2.75, 3.05) is 19.6 Å². The Labute approximate surface area is 147 Å². The molecule has 14 N–H and O–H groups in total. The van der Waals surface area contributed by atoms with Crippen LogP contribution in [0.4, 0.5) is 0 Å². The number of carbonyl (C=O) groups is 4. The van der Waals surface area contributed by atoms with Crippen LogP contribution in [0, 0.1) is 0 Å². The molecule has 0 rings (SSSR count). The fourth-order valence-electron chi connectivity index (χ4n) is 0. The molecular weight excluding hydrogens is 388 g/mol. The van der Waals surface area contributed by atoms with E-state index in [-0.39, 0.29) is 19.6 Å². The average Bonchev–Trinajstić information content (AvgIpc) is 2.47. The summed E-state index contributed by atoms with van der Waals surface area (Å²) in [5, 5.41) is 30.7. The fraction of sp³-hybridized carbons (Fsp3) is 0.556. The lowest BCUT2D eigenvalue weighted by Crippen LogP contribution is -2.25. The van der Waals surface area contributed by atoms with Crippen LogP contribution in [0.25, 0.3) is 0 Å². The van der Waals surface area contributed by atoms with E-state index < -0.39 is 40.3 Å². The normalized spacial score (nSPS) is 9.65. The summed E-state index contributed by atoms with van der Waals surface area (Å²) in [6, 6.07) is -0.731. The summed E-state index contributed by atoms with van der Waals surface area (Å²) in [5.74, 6) is -3.87. The SMILES string of the molecule is C[C@H](N)C(=O)O.NCC(=O)O.NCC(=O)O.NCC(=O)O.O=S(=O)(O)O. The number of rotatable bonds is 4. The van der Waals surface area contributed by atoms with Crippen molar-refractivity contribution in [3.8, 4) is 0 Å². The minimum atomic E-state index is -4.67. The molecule has 0 bridgehead atoms. The first-order chi connectivity index (χ1) is 11.5. The molecule has 0 aliphatic carbocycles. The van der Waals surface area contributed by atoms with Crippen molar-refractivity contribution >= 4 is 34.3 Å². The lowest BCUT2D eigenvalue weighted by Gasteiger charge is -1.90. The van der Waals surface area contributed by atoms with Crippen LogP contribution in [0.5, 0.6) is 0 Å². The highest BCUT2D eigenvalue weighted by Gasteiger charge is 1.99. The second-order valence-corrected chi connectivity index (χ2v) is 4.26. The van der Waals surface area contributed by atoms with Crippen molar-refractivity contribution in [1.82, 2.24) is 0 Å². The smallest absolute Gasteiger partial charge is 0.394 e. The molecule has 0 aromatic rings. The monoisotopic (exact) mass is 412 g/mol. The zero-order chi connectivity index (χ0) is 22.5. The van der Waals surface area contributed by atoms with Crippen molar-refractivity contribution in [3.63, 3.8) is 0 Å². The number of carboxylic acid groups (broad SMARTS) is 4. The Morgan fingerprint density at radius 1 is 0.769 bits per heavy atom. The van der Waals surface area contributed by atoms with Gasteiger partial charge in [0.2, 0.25) is 0 Å². The van der Waals surface area contributed by atoms with Crippen LogP contribution >= 0.6 is 0 Å². The maximum atomic E-state index is 9.57. The summed E-state index contributed by atoms with van der Waals surface area (Å²) in [6.45, 7) is 0.586. The van der Waals surface area contributed by atoms with Crippen molar-refractivity contribution < 1.29 is 57.1 Å². The molecule has 0 saturated heterocycles. The number of carboxylic acids is 4. The number of hydrogen-bond acceptors (Lipinski definition) is 10. The minimum absolute atomic E-state index is 0.278. The third-order valence-corrected chi connectivity index (χ3v) is 0.913. The van der Waals surface area contributed by atoms with Gasteiger partial charge in [-0.25, -0.2) is 0 Å². The second kappa shape index (κ2) is 22.6. The Balaban J connectivity index is -0.0000000708. The zero-order valence-electron chi connectivity index (χ0n) is 13.5. The summed E-state index contributed by atoms with van der Waals surface area (Å²) in [5.41, 5.74) is 18.6. The maximum Gasteiger partial charge on any atom is 0.394 e. The number of aliphatic carboxylic acids is 4. The van der Waals surface area contributed by atoms with E-state index in [9.17, 15) is 19.2 Å². The Kier molecular flexibility index (Phi) is 30.3. The molecule has 0 aromatic heterocycles. The molecule has 16 nitrogen and oxygen atoms in total. The molecule has 1 atom stereocenters.